The van der Waals surface area contributed by atoms with Crippen molar-refractivity contribution in [1.82, 2.24) is 14.1 Å². The molecule has 0 unspecified atom stereocenters. The van der Waals surface area contributed by atoms with E-state index in [1.807, 2.05) is 40.1 Å². The van der Waals surface area contributed by atoms with E-state index in [2.05, 4.69) is 0 Å². The summed E-state index contributed by atoms with van der Waals surface area (Å²) in [4.78, 5) is 29.9. The molecular weight excluding hydrogens is 450 g/mol. The molecule has 0 aliphatic carbocycles. The van der Waals surface area contributed by atoms with Gasteiger partial charge in [-0.05, 0) is 50.2 Å². The van der Waals surface area contributed by atoms with Gasteiger partial charge in [-0.3, -0.25) is 9.59 Å². The van der Waals surface area contributed by atoms with E-state index in [-0.39, 0.29) is 23.7 Å². The van der Waals surface area contributed by atoms with Crippen LogP contribution in [-0.2, 0) is 19.6 Å². The van der Waals surface area contributed by atoms with Gasteiger partial charge >= 0.3 is 0 Å². The maximum absolute atomic E-state index is 13.1. The molecule has 3 heterocycles. The zero-order chi connectivity index (χ0) is 24.0. The molecule has 0 saturated carbocycles. The van der Waals surface area contributed by atoms with E-state index in [9.17, 15) is 18.0 Å². The van der Waals surface area contributed by atoms with Crippen LogP contribution in [0, 0.1) is 11.8 Å². The molecule has 186 valence electrons. The van der Waals surface area contributed by atoms with Crippen molar-refractivity contribution < 1.29 is 18.0 Å². The molecule has 3 saturated heterocycles. The number of amides is 2. The van der Waals surface area contributed by atoms with Gasteiger partial charge in [-0.15, -0.1) is 0 Å². The number of carbonyl (C=O) groups is 2. The molecule has 2 amide bonds. The van der Waals surface area contributed by atoms with E-state index in [0.717, 1.165) is 44.3 Å². The van der Waals surface area contributed by atoms with Crippen LogP contribution < -0.4 is 0 Å². The lowest BCUT2D eigenvalue weighted by Gasteiger charge is -2.37. The minimum Gasteiger partial charge on any atom is -0.342 e. The van der Waals surface area contributed by atoms with Gasteiger partial charge in [-0.25, -0.2) is 8.42 Å². The predicted molar refractivity (Wildman–Crippen MR) is 133 cm³/mol. The number of sulfonamides is 1. The molecule has 0 radical (unpaired) electrons. The highest BCUT2D eigenvalue weighted by molar-refractivity contribution is 7.92. The number of hydrogen-bond acceptors (Lipinski definition) is 4. The number of hydrogen-bond donors (Lipinski definition) is 0. The van der Waals surface area contributed by atoms with Gasteiger partial charge in [-0.2, -0.15) is 4.31 Å². The fourth-order valence-electron chi connectivity index (χ4n) is 5.33. The van der Waals surface area contributed by atoms with E-state index in [4.69, 9.17) is 0 Å². The lowest BCUT2D eigenvalue weighted by molar-refractivity contribution is -0.143. The predicted octanol–water partition coefficient (Wildman–Crippen LogP) is 3.34. The van der Waals surface area contributed by atoms with Crippen LogP contribution in [-0.4, -0.2) is 73.6 Å². The van der Waals surface area contributed by atoms with Crippen molar-refractivity contribution >= 4 is 27.9 Å². The second-order valence-electron chi connectivity index (χ2n) is 9.77. The molecule has 0 spiro atoms. The largest absolute Gasteiger partial charge is 0.342 e. The van der Waals surface area contributed by atoms with Crippen molar-refractivity contribution in [1.29, 1.82) is 0 Å². The Morgan fingerprint density at radius 3 is 1.76 bits per heavy atom. The second-order valence-corrected chi connectivity index (χ2v) is 11.6. The first-order valence-electron chi connectivity index (χ1n) is 12.7. The smallest absolute Gasteiger partial charge is 0.236 e. The first kappa shape index (κ1) is 24.9. The molecule has 34 heavy (non-hydrogen) atoms. The number of benzene rings is 1. The monoisotopic (exact) mass is 487 g/mol. The van der Waals surface area contributed by atoms with Gasteiger partial charge in [0, 0.05) is 56.5 Å². The fourth-order valence-corrected chi connectivity index (χ4v) is 6.55. The molecule has 0 atom stereocenters. The molecule has 8 heteroatoms. The third kappa shape index (κ3) is 6.27. The van der Waals surface area contributed by atoms with E-state index in [0.29, 0.717) is 39.0 Å². The van der Waals surface area contributed by atoms with Crippen molar-refractivity contribution in [3.8, 4) is 0 Å². The van der Waals surface area contributed by atoms with Crippen LogP contribution in [0.3, 0.4) is 0 Å². The van der Waals surface area contributed by atoms with Crippen LogP contribution in [0.2, 0.25) is 0 Å². The number of rotatable bonds is 5. The molecule has 3 aliphatic rings. The van der Waals surface area contributed by atoms with Gasteiger partial charge in [0.2, 0.25) is 21.8 Å². The molecule has 0 aromatic heterocycles. The number of piperidine rings is 2. The molecule has 3 aliphatic heterocycles. The summed E-state index contributed by atoms with van der Waals surface area (Å²) in [5.41, 5.74) is 0.842. The summed E-state index contributed by atoms with van der Waals surface area (Å²) in [6.45, 7) is 3.73. The highest BCUT2D eigenvalue weighted by Crippen LogP contribution is 2.27. The minimum absolute atomic E-state index is 0.0329. The van der Waals surface area contributed by atoms with Gasteiger partial charge in [-0.1, -0.05) is 43.2 Å². The van der Waals surface area contributed by atoms with E-state index in [1.165, 1.54) is 22.6 Å². The lowest BCUT2D eigenvalue weighted by Crippen LogP contribution is -2.48. The van der Waals surface area contributed by atoms with Gasteiger partial charge in [0.25, 0.3) is 0 Å². The average molecular weight is 488 g/mol. The van der Waals surface area contributed by atoms with Crippen LogP contribution in [0.15, 0.2) is 35.7 Å². The SMILES string of the molecule is O=C(C1CCN(C(=O)C2CCN(S(=O)(=O)/C=C/c3ccccc3)CC2)CC1)N1CCCCCC1. The highest BCUT2D eigenvalue weighted by atomic mass is 32.2. The van der Waals surface area contributed by atoms with Gasteiger partial charge < -0.3 is 9.80 Å². The Bertz CT molecular complexity index is 955. The average Bonchev–Trinajstić information content (AvgIpc) is 3.17. The Morgan fingerprint density at radius 2 is 1.21 bits per heavy atom. The van der Waals surface area contributed by atoms with Crippen molar-refractivity contribution in [2.75, 3.05) is 39.3 Å². The Balaban J connectivity index is 1.24. The third-order valence-corrected chi connectivity index (χ3v) is 9.03. The Hall–Kier alpha value is -2.19. The zero-order valence-corrected chi connectivity index (χ0v) is 20.8. The van der Waals surface area contributed by atoms with Crippen LogP contribution >= 0.6 is 0 Å². The summed E-state index contributed by atoms with van der Waals surface area (Å²) in [6, 6.07) is 9.36. The standard InChI is InChI=1S/C26H37N3O4S/c30-25(27-15-6-1-2-7-16-27)23-10-17-28(18-11-23)26(31)24-12-19-29(20-13-24)34(32,33)21-14-22-8-4-3-5-9-22/h3-5,8-9,14,21,23-24H,1-2,6-7,10-13,15-20H2/b21-14+. The molecule has 0 bridgehead atoms. The van der Waals surface area contributed by atoms with Gasteiger partial charge in [0.1, 0.15) is 0 Å². The summed E-state index contributed by atoms with van der Waals surface area (Å²) in [6.07, 6.45) is 8.79. The maximum Gasteiger partial charge on any atom is 0.236 e. The fraction of sp³-hybridized carbons (Fsp3) is 0.615. The summed E-state index contributed by atoms with van der Waals surface area (Å²) >= 11 is 0. The van der Waals surface area contributed by atoms with Crippen LogP contribution in [0.25, 0.3) is 6.08 Å². The highest BCUT2D eigenvalue weighted by Gasteiger charge is 2.35. The molecule has 1 aromatic carbocycles. The van der Waals surface area contributed by atoms with Crippen molar-refractivity contribution in [3.63, 3.8) is 0 Å². The van der Waals surface area contributed by atoms with Crippen molar-refractivity contribution in [2.45, 2.75) is 51.4 Å². The quantitative estimate of drug-likeness (QED) is 0.638. The third-order valence-electron chi connectivity index (χ3n) is 7.47. The van der Waals surface area contributed by atoms with E-state index in [1.54, 1.807) is 6.08 Å². The van der Waals surface area contributed by atoms with E-state index >= 15 is 0 Å². The Morgan fingerprint density at radius 1 is 0.706 bits per heavy atom. The van der Waals surface area contributed by atoms with Crippen LogP contribution in [0.1, 0.15) is 56.9 Å². The first-order valence-corrected chi connectivity index (χ1v) is 14.3. The first-order chi connectivity index (χ1) is 16.4. The second kappa shape index (κ2) is 11.5. The summed E-state index contributed by atoms with van der Waals surface area (Å²) in [5.74, 6) is 0.293. The Kier molecular flexibility index (Phi) is 8.42. The molecule has 3 fully saturated rings. The zero-order valence-electron chi connectivity index (χ0n) is 20.0. The topological polar surface area (TPSA) is 78.0 Å². The summed E-state index contributed by atoms with van der Waals surface area (Å²) in [7, 11) is -3.50. The summed E-state index contributed by atoms with van der Waals surface area (Å²) in [5, 5.41) is 1.26. The molecule has 7 nitrogen and oxygen atoms in total. The van der Waals surface area contributed by atoms with Crippen LogP contribution in [0.4, 0.5) is 0 Å². The number of likely N-dealkylation sites (tertiary alicyclic amines) is 2. The number of nitrogens with zero attached hydrogens (tertiary/aromatic N) is 3. The molecule has 0 N–H and O–H groups in total. The van der Waals surface area contributed by atoms with Gasteiger partial charge in [0.15, 0.2) is 0 Å². The van der Waals surface area contributed by atoms with Gasteiger partial charge in [0.05, 0.1) is 0 Å². The Labute approximate surface area is 203 Å². The molecule has 1 aromatic rings. The number of carbonyl (C=O) groups excluding carboxylic acids is 2. The maximum atomic E-state index is 13.1. The van der Waals surface area contributed by atoms with E-state index < -0.39 is 10.0 Å². The van der Waals surface area contributed by atoms with Crippen LogP contribution in [0.5, 0.6) is 0 Å². The lowest BCUT2D eigenvalue weighted by atomic mass is 9.92. The van der Waals surface area contributed by atoms with Crippen molar-refractivity contribution in [2.24, 2.45) is 11.8 Å². The van der Waals surface area contributed by atoms with Crippen molar-refractivity contribution in [3.05, 3.63) is 41.3 Å². The normalized spacial score (nSPS) is 22.1. The molecular formula is C26H37N3O4S. The molecule has 4 rings (SSSR count). The summed E-state index contributed by atoms with van der Waals surface area (Å²) < 4.78 is 26.9. The minimum atomic E-state index is -3.50.